The Labute approximate surface area is 186 Å². The highest BCUT2D eigenvalue weighted by Gasteiger charge is 2.31. The van der Waals surface area contributed by atoms with Crippen molar-refractivity contribution >= 4 is 29.2 Å². The molecular weight excluding hydrogens is 420 g/mol. The number of amides is 3. The molecule has 0 saturated carbocycles. The van der Waals surface area contributed by atoms with Gasteiger partial charge in [-0.2, -0.15) is 0 Å². The van der Waals surface area contributed by atoms with Crippen LogP contribution in [0.3, 0.4) is 0 Å². The van der Waals surface area contributed by atoms with Crippen molar-refractivity contribution in [2.45, 2.75) is 43.9 Å². The molecule has 4 N–H and O–H groups in total. The molecular formula is C22H27ClN4O4. The SMILES string of the molecule is O=C(Cc1ccccn1)NCC[C@H]1CC[C@@H](NC(=O)Nc2ccc(Cl)cc2)[C@@H](CO)O1. The number of ether oxygens (including phenoxy) is 1. The Morgan fingerprint density at radius 1 is 1.16 bits per heavy atom. The summed E-state index contributed by atoms with van der Waals surface area (Å²) in [5, 5.41) is 18.8. The van der Waals surface area contributed by atoms with E-state index in [4.69, 9.17) is 16.3 Å². The third-order valence-electron chi connectivity index (χ3n) is 5.07. The molecule has 3 rings (SSSR count). The molecule has 1 aromatic heterocycles. The third-order valence-corrected chi connectivity index (χ3v) is 5.32. The molecule has 0 bridgehead atoms. The lowest BCUT2D eigenvalue weighted by Crippen LogP contribution is -2.52. The average molecular weight is 447 g/mol. The summed E-state index contributed by atoms with van der Waals surface area (Å²) in [4.78, 5) is 28.4. The number of aromatic nitrogens is 1. The number of aliphatic hydroxyl groups is 1. The zero-order valence-electron chi connectivity index (χ0n) is 17.1. The number of rotatable bonds is 8. The Balaban J connectivity index is 1.39. The summed E-state index contributed by atoms with van der Waals surface area (Å²) in [5.41, 5.74) is 1.35. The first-order valence-corrected chi connectivity index (χ1v) is 10.7. The van der Waals surface area contributed by atoms with Crippen LogP contribution in [0.5, 0.6) is 0 Å². The van der Waals surface area contributed by atoms with Crippen LogP contribution in [0.25, 0.3) is 0 Å². The van der Waals surface area contributed by atoms with E-state index in [1.807, 2.05) is 18.2 Å². The van der Waals surface area contributed by atoms with Crippen LogP contribution in [0.1, 0.15) is 25.0 Å². The second-order valence-corrected chi connectivity index (χ2v) is 7.84. The first-order valence-electron chi connectivity index (χ1n) is 10.3. The Morgan fingerprint density at radius 2 is 1.97 bits per heavy atom. The van der Waals surface area contributed by atoms with E-state index < -0.39 is 6.10 Å². The molecule has 1 aliphatic rings. The van der Waals surface area contributed by atoms with Crippen LogP contribution in [0.2, 0.25) is 5.02 Å². The number of anilines is 1. The van der Waals surface area contributed by atoms with Crippen molar-refractivity contribution < 1.29 is 19.4 Å². The molecule has 3 atom stereocenters. The van der Waals surface area contributed by atoms with E-state index in [1.54, 1.807) is 30.5 Å². The molecule has 9 heteroatoms. The minimum atomic E-state index is -0.501. The number of carbonyl (C=O) groups is 2. The van der Waals surface area contributed by atoms with Crippen LogP contribution in [-0.2, 0) is 16.0 Å². The van der Waals surface area contributed by atoms with Gasteiger partial charge < -0.3 is 25.8 Å². The van der Waals surface area contributed by atoms with Gasteiger partial charge >= 0.3 is 6.03 Å². The van der Waals surface area contributed by atoms with Crippen LogP contribution in [0, 0.1) is 0 Å². The summed E-state index contributed by atoms with van der Waals surface area (Å²) in [6.45, 7) is 0.276. The fourth-order valence-corrected chi connectivity index (χ4v) is 3.61. The normalized spacial score (nSPS) is 20.6. The topological polar surface area (TPSA) is 113 Å². The fourth-order valence-electron chi connectivity index (χ4n) is 3.48. The van der Waals surface area contributed by atoms with Crippen molar-refractivity contribution in [2.24, 2.45) is 0 Å². The molecule has 8 nitrogen and oxygen atoms in total. The van der Waals surface area contributed by atoms with Gasteiger partial charge in [-0.15, -0.1) is 0 Å². The van der Waals surface area contributed by atoms with Gasteiger partial charge in [-0.1, -0.05) is 17.7 Å². The number of nitrogens with zero attached hydrogens (tertiary/aromatic N) is 1. The quantitative estimate of drug-likeness (QED) is 0.497. The first-order chi connectivity index (χ1) is 15.0. The predicted molar refractivity (Wildman–Crippen MR) is 118 cm³/mol. The lowest BCUT2D eigenvalue weighted by Gasteiger charge is -2.36. The molecule has 1 saturated heterocycles. The largest absolute Gasteiger partial charge is 0.394 e. The molecule has 0 unspecified atom stereocenters. The van der Waals surface area contributed by atoms with Gasteiger partial charge in [0, 0.05) is 29.1 Å². The van der Waals surface area contributed by atoms with E-state index in [-0.39, 0.29) is 37.1 Å². The van der Waals surface area contributed by atoms with Gasteiger partial charge in [-0.05, 0) is 55.7 Å². The first kappa shape index (κ1) is 23.0. The molecule has 0 radical (unpaired) electrons. The van der Waals surface area contributed by atoms with Crippen molar-refractivity contribution in [2.75, 3.05) is 18.5 Å². The van der Waals surface area contributed by atoms with Gasteiger partial charge in [0.2, 0.25) is 5.91 Å². The number of carbonyl (C=O) groups excluding carboxylic acids is 2. The van der Waals surface area contributed by atoms with Crippen LogP contribution < -0.4 is 16.0 Å². The smallest absolute Gasteiger partial charge is 0.319 e. The molecule has 1 fully saturated rings. The highest BCUT2D eigenvalue weighted by Crippen LogP contribution is 2.22. The van der Waals surface area contributed by atoms with Crippen molar-refractivity contribution in [3.05, 3.63) is 59.4 Å². The van der Waals surface area contributed by atoms with E-state index in [0.29, 0.717) is 30.1 Å². The molecule has 2 aromatic rings. The van der Waals surface area contributed by atoms with Crippen LogP contribution in [0.4, 0.5) is 10.5 Å². The highest BCUT2D eigenvalue weighted by molar-refractivity contribution is 6.30. The number of halogens is 1. The minimum absolute atomic E-state index is 0.0911. The van der Waals surface area contributed by atoms with E-state index in [1.165, 1.54) is 0 Å². The zero-order valence-corrected chi connectivity index (χ0v) is 17.8. The molecule has 1 aliphatic heterocycles. The molecule has 0 spiro atoms. The number of hydrogen-bond donors (Lipinski definition) is 4. The van der Waals surface area contributed by atoms with Gasteiger partial charge in [0.05, 0.1) is 25.2 Å². The van der Waals surface area contributed by atoms with Crippen molar-refractivity contribution in [1.82, 2.24) is 15.6 Å². The molecule has 0 aliphatic carbocycles. The standard InChI is InChI=1S/C22H27ClN4O4/c23-15-4-6-16(7-5-15)26-22(30)27-19-9-8-18(31-20(19)14-28)10-12-25-21(29)13-17-3-1-2-11-24-17/h1-7,11,18-20,28H,8-10,12-14H2,(H,25,29)(H2,26,27,30)/t18-,19-,20-/m1/s1. The Morgan fingerprint density at radius 3 is 2.68 bits per heavy atom. The number of benzene rings is 1. The maximum atomic E-state index is 12.3. The predicted octanol–water partition coefficient (Wildman–Crippen LogP) is 2.51. The highest BCUT2D eigenvalue weighted by atomic mass is 35.5. The summed E-state index contributed by atoms with van der Waals surface area (Å²) in [7, 11) is 0. The number of urea groups is 1. The maximum Gasteiger partial charge on any atom is 0.319 e. The van der Waals surface area contributed by atoms with Crippen LogP contribution in [0.15, 0.2) is 48.7 Å². The summed E-state index contributed by atoms with van der Waals surface area (Å²) >= 11 is 5.85. The molecule has 31 heavy (non-hydrogen) atoms. The van der Waals surface area contributed by atoms with Gasteiger partial charge in [0.25, 0.3) is 0 Å². The van der Waals surface area contributed by atoms with Gasteiger partial charge in [0.15, 0.2) is 0 Å². The number of aliphatic hydroxyl groups excluding tert-OH is 1. The summed E-state index contributed by atoms with van der Waals surface area (Å²) in [6, 6.07) is 11.6. The Bertz CT molecular complexity index is 850. The second-order valence-electron chi connectivity index (χ2n) is 7.40. The van der Waals surface area contributed by atoms with Gasteiger partial charge in [0.1, 0.15) is 6.10 Å². The van der Waals surface area contributed by atoms with Crippen LogP contribution >= 0.6 is 11.6 Å². The van der Waals surface area contributed by atoms with Gasteiger partial charge in [-0.25, -0.2) is 4.79 Å². The maximum absolute atomic E-state index is 12.3. The van der Waals surface area contributed by atoms with Gasteiger partial charge in [-0.3, -0.25) is 9.78 Å². The number of hydrogen-bond acceptors (Lipinski definition) is 5. The monoisotopic (exact) mass is 446 g/mol. The van der Waals surface area contributed by atoms with E-state index in [9.17, 15) is 14.7 Å². The van der Waals surface area contributed by atoms with Crippen molar-refractivity contribution in [3.8, 4) is 0 Å². The fraction of sp³-hybridized carbons (Fsp3) is 0.409. The zero-order chi connectivity index (χ0) is 22.1. The number of nitrogens with one attached hydrogen (secondary N) is 3. The molecule has 3 amide bonds. The van der Waals surface area contributed by atoms with E-state index in [2.05, 4.69) is 20.9 Å². The van der Waals surface area contributed by atoms with E-state index >= 15 is 0 Å². The third kappa shape index (κ3) is 7.50. The second kappa shape index (κ2) is 11.6. The summed E-state index contributed by atoms with van der Waals surface area (Å²) in [6.07, 6.45) is 3.33. The van der Waals surface area contributed by atoms with Crippen molar-refractivity contribution in [3.63, 3.8) is 0 Å². The molecule has 166 valence electrons. The lowest BCUT2D eigenvalue weighted by atomic mass is 9.97. The minimum Gasteiger partial charge on any atom is -0.394 e. The summed E-state index contributed by atoms with van der Waals surface area (Å²) in [5.74, 6) is -0.0911. The van der Waals surface area contributed by atoms with Crippen LogP contribution in [-0.4, -0.2) is 53.4 Å². The summed E-state index contributed by atoms with van der Waals surface area (Å²) < 4.78 is 5.94. The number of pyridine rings is 1. The van der Waals surface area contributed by atoms with Crippen molar-refractivity contribution in [1.29, 1.82) is 0 Å². The van der Waals surface area contributed by atoms with E-state index in [0.717, 1.165) is 12.1 Å². The Hall–Kier alpha value is -2.68. The Kier molecular flexibility index (Phi) is 8.63. The average Bonchev–Trinajstić information content (AvgIpc) is 2.77. The lowest BCUT2D eigenvalue weighted by molar-refractivity contribution is -0.121. The molecule has 2 heterocycles. The molecule has 1 aromatic carbocycles.